The van der Waals surface area contributed by atoms with Gasteiger partial charge in [0.1, 0.15) is 6.10 Å². The highest BCUT2D eigenvalue weighted by Gasteiger charge is 2.49. The Kier molecular flexibility index (Phi) is 4.27. The lowest BCUT2D eigenvalue weighted by Gasteiger charge is -2.48. The molecule has 0 amide bonds. The molecule has 0 aromatic rings. The maximum atomic E-state index is 12.0. The van der Waals surface area contributed by atoms with Crippen LogP contribution in [0.3, 0.4) is 0 Å². The molecule has 3 atom stereocenters. The van der Waals surface area contributed by atoms with Crippen molar-refractivity contribution in [2.75, 3.05) is 0 Å². The Morgan fingerprint density at radius 1 is 1.41 bits per heavy atom. The molecule has 120 valence electrons. The summed E-state index contributed by atoms with van der Waals surface area (Å²) in [6.07, 6.45) is 1.58. The maximum Gasteiger partial charge on any atom is 0.331 e. The fraction of sp³-hybridized carbons (Fsp3) is 0.588. The smallest absolute Gasteiger partial charge is 0.331 e. The van der Waals surface area contributed by atoms with Gasteiger partial charge < -0.3 is 9.84 Å². The van der Waals surface area contributed by atoms with Gasteiger partial charge in [-0.15, -0.1) is 0 Å². The Labute approximate surface area is 130 Å². The molecule has 5 heteroatoms. The van der Waals surface area contributed by atoms with Gasteiger partial charge in [-0.1, -0.05) is 19.1 Å². The molecule has 0 radical (unpaired) electrons. The summed E-state index contributed by atoms with van der Waals surface area (Å²) in [5, 5.41) is 9.19. The Hall–Kier alpha value is -1.91. The van der Waals surface area contributed by atoms with Crippen molar-refractivity contribution in [3.05, 3.63) is 23.3 Å². The minimum absolute atomic E-state index is 0.0932. The number of hydrogen-bond donors (Lipinski definition) is 1. The molecule has 0 spiro atoms. The second-order valence-corrected chi connectivity index (χ2v) is 6.51. The van der Waals surface area contributed by atoms with E-state index in [1.807, 2.05) is 6.92 Å². The summed E-state index contributed by atoms with van der Waals surface area (Å²) in [5.41, 5.74) is 1.33. The zero-order chi connectivity index (χ0) is 16.7. The first-order chi connectivity index (χ1) is 10.2. The van der Waals surface area contributed by atoms with Gasteiger partial charge in [0, 0.05) is 24.3 Å². The summed E-state index contributed by atoms with van der Waals surface area (Å²) in [5.74, 6) is -1.65. The van der Waals surface area contributed by atoms with Gasteiger partial charge >= 0.3 is 11.9 Å². The first-order valence-corrected chi connectivity index (χ1v) is 7.49. The summed E-state index contributed by atoms with van der Waals surface area (Å²) in [6.45, 7) is 8.79. The summed E-state index contributed by atoms with van der Waals surface area (Å²) in [4.78, 5) is 34.7. The first kappa shape index (κ1) is 16.5. The van der Waals surface area contributed by atoms with Gasteiger partial charge in [0.05, 0.1) is 0 Å². The molecular weight excluding hydrogens is 284 g/mol. The molecule has 1 fully saturated rings. The van der Waals surface area contributed by atoms with E-state index in [1.54, 1.807) is 6.92 Å². The SMILES string of the molecule is C=C(C(=O)O)[C@H]1CC2=C(C)C(=O)CC[C@]2(C)[C@@H](OC(C)=O)C1. The Bertz CT molecular complexity index is 586. The minimum Gasteiger partial charge on any atom is -0.478 e. The van der Waals surface area contributed by atoms with Crippen molar-refractivity contribution >= 4 is 17.7 Å². The van der Waals surface area contributed by atoms with Crippen LogP contribution in [0.4, 0.5) is 0 Å². The van der Waals surface area contributed by atoms with Crippen molar-refractivity contribution in [3.8, 4) is 0 Å². The number of carboxylic acid groups (broad SMARTS) is 1. The van der Waals surface area contributed by atoms with E-state index in [9.17, 15) is 19.5 Å². The van der Waals surface area contributed by atoms with Crippen molar-refractivity contribution in [2.24, 2.45) is 11.3 Å². The number of carbonyl (C=O) groups is 3. The molecule has 2 aliphatic carbocycles. The minimum atomic E-state index is -1.05. The lowest BCUT2D eigenvalue weighted by atomic mass is 9.59. The molecule has 5 nitrogen and oxygen atoms in total. The van der Waals surface area contributed by atoms with Gasteiger partial charge in [-0.25, -0.2) is 4.79 Å². The molecule has 1 saturated carbocycles. The fourth-order valence-corrected chi connectivity index (χ4v) is 3.72. The number of hydrogen-bond acceptors (Lipinski definition) is 4. The van der Waals surface area contributed by atoms with Crippen LogP contribution in [0, 0.1) is 11.3 Å². The molecule has 0 aromatic heterocycles. The zero-order valence-corrected chi connectivity index (χ0v) is 13.3. The van der Waals surface area contributed by atoms with Crippen LogP contribution in [0.5, 0.6) is 0 Å². The van der Waals surface area contributed by atoms with E-state index in [2.05, 4.69) is 6.58 Å². The van der Waals surface area contributed by atoms with Crippen LogP contribution in [-0.2, 0) is 19.1 Å². The van der Waals surface area contributed by atoms with Crippen LogP contribution < -0.4 is 0 Å². The van der Waals surface area contributed by atoms with Crippen LogP contribution >= 0.6 is 0 Å². The third-order valence-corrected chi connectivity index (χ3v) is 5.17. The van der Waals surface area contributed by atoms with Crippen molar-refractivity contribution in [1.82, 2.24) is 0 Å². The number of allylic oxidation sites excluding steroid dienone is 1. The Balaban J connectivity index is 2.45. The Morgan fingerprint density at radius 2 is 2.05 bits per heavy atom. The molecule has 0 unspecified atom stereocenters. The van der Waals surface area contributed by atoms with Crippen LogP contribution in [-0.4, -0.2) is 28.9 Å². The number of ether oxygens (including phenoxy) is 1. The van der Waals surface area contributed by atoms with Crippen LogP contribution in [0.2, 0.25) is 0 Å². The van der Waals surface area contributed by atoms with E-state index in [1.165, 1.54) is 6.92 Å². The third-order valence-electron chi connectivity index (χ3n) is 5.17. The van der Waals surface area contributed by atoms with Gasteiger partial charge in [0.25, 0.3) is 0 Å². The van der Waals surface area contributed by atoms with Gasteiger partial charge in [0.2, 0.25) is 0 Å². The summed E-state index contributed by atoms with van der Waals surface area (Å²) in [7, 11) is 0. The fourth-order valence-electron chi connectivity index (χ4n) is 3.72. The van der Waals surface area contributed by atoms with Crippen molar-refractivity contribution < 1.29 is 24.2 Å². The van der Waals surface area contributed by atoms with Crippen LogP contribution in [0.15, 0.2) is 23.3 Å². The molecule has 0 bridgehead atoms. The number of fused-ring (bicyclic) bond motifs is 1. The summed E-state index contributed by atoms with van der Waals surface area (Å²) in [6, 6.07) is 0. The van der Waals surface area contributed by atoms with Crippen LogP contribution in [0.1, 0.15) is 46.5 Å². The maximum absolute atomic E-state index is 12.0. The molecule has 0 aliphatic heterocycles. The van der Waals surface area contributed by atoms with Crippen molar-refractivity contribution in [3.63, 3.8) is 0 Å². The summed E-state index contributed by atoms with van der Waals surface area (Å²) < 4.78 is 5.49. The normalized spacial score (nSPS) is 31.5. The highest BCUT2D eigenvalue weighted by Crippen LogP contribution is 2.52. The van der Waals surface area contributed by atoms with Gasteiger partial charge in [-0.2, -0.15) is 0 Å². The topological polar surface area (TPSA) is 80.7 Å². The zero-order valence-electron chi connectivity index (χ0n) is 13.3. The monoisotopic (exact) mass is 306 g/mol. The van der Waals surface area contributed by atoms with Gasteiger partial charge in [-0.3, -0.25) is 9.59 Å². The molecule has 0 saturated heterocycles. The van der Waals surface area contributed by atoms with Crippen LogP contribution in [0.25, 0.3) is 0 Å². The molecule has 22 heavy (non-hydrogen) atoms. The number of rotatable bonds is 3. The van der Waals surface area contributed by atoms with E-state index >= 15 is 0 Å². The van der Waals surface area contributed by atoms with Gasteiger partial charge in [0.15, 0.2) is 5.78 Å². The highest BCUT2D eigenvalue weighted by atomic mass is 16.5. The Morgan fingerprint density at radius 3 is 2.59 bits per heavy atom. The molecule has 2 aliphatic rings. The lowest BCUT2D eigenvalue weighted by molar-refractivity contribution is -0.155. The predicted molar refractivity (Wildman–Crippen MR) is 80.1 cm³/mol. The highest BCUT2D eigenvalue weighted by molar-refractivity contribution is 5.97. The van der Waals surface area contributed by atoms with E-state index in [-0.39, 0.29) is 28.7 Å². The molecular formula is C17H22O5. The van der Waals surface area contributed by atoms with E-state index in [0.717, 1.165) is 5.57 Å². The first-order valence-electron chi connectivity index (χ1n) is 7.49. The molecule has 0 heterocycles. The van der Waals surface area contributed by atoms with E-state index in [4.69, 9.17) is 4.74 Å². The van der Waals surface area contributed by atoms with Crippen molar-refractivity contribution in [2.45, 2.75) is 52.6 Å². The molecule has 0 aromatic carbocycles. The summed E-state index contributed by atoms with van der Waals surface area (Å²) >= 11 is 0. The lowest BCUT2D eigenvalue weighted by Crippen LogP contribution is -2.46. The van der Waals surface area contributed by atoms with E-state index in [0.29, 0.717) is 31.3 Å². The van der Waals surface area contributed by atoms with Crippen molar-refractivity contribution in [1.29, 1.82) is 0 Å². The number of carboxylic acids is 1. The third kappa shape index (κ3) is 2.72. The molecule has 1 N–H and O–H groups in total. The average molecular weight is 306 g/mol. The molecule has 2 rings (SSSR count). The number of carbonyl (C=O) groups excluding carboxylic acids is 2. The average Bonchev–Trinajstić information content (AvgIpc) is 2.43. The second-order valence-electron chi connectivity index (χ2n) is 6.51. The number of Topliss-reactive ketones (excluding diaryl/α,β-unsaturated/α-hetero) is 1. The largest absolute Gasteiger partial charge is 0.478 e. The second kappa shape index (κ2) is 5.71. The number of ketones is 1. The quantitative estimate of drug-likeness (QED) is 0.640. The predicted octanol–water partition coefficient (Wildman–Crippen LogP) is 2.65. The number of aliphatic carboxylic acids is 1. The van der Waals surface area contributed by atoms with E-state index < -0.39 is 12.1 Å². The standard InChI is InChI=1S/C17H22O5/c1-9(16(20)21)12-7-13-10(2)14(19)5-6-17(13,4)15(8-12)22-11(3)18/h12,15H,1,5-8H2,2-4H3,(H,20,21)/t12-,15-,17-/m0/s1. The van der Waals surface area contributed by atoms with Gasteiger partial charge in [-0.05, 0) is 37.7 Å². The number of esters is 1.